The third-order valence-corrected chi connectivity index (χ3v) is 4.51. The molecule has 0 radical (unpaired) electrons. The van der Waals surface area contributed by atoms with Crippen LogP contribution in [0.3, 0.4) is 0 Å². The Bertz CT molecular complexity index is 654. The molecule has 2 rings (SSSR count). The van der Waals surface area contributed by atoms with Gasteiger partial charge in [-0.25, -0.2) is 4.98 Å². The van der Waals surface area contributed by atoms with Crippen molar-refractivity contribution in [3.05, 3.63) is 44.9 Å². The van der Waals surface area contributed by atoms with E-state index in [0.29, 0.717) is 10.6 Å². The number of rotatable bonds is 4. The molecule has 1 aromatic carbocycles. The minimum atomic E-state index is -0.0533. The molecule has 21 heavy (non-hydrogen) atoms. The summed E-state index contributed by atoms with van der Waals surface area (Å²) in [5, 5.41) is 3.97. The molecule has 0 saturated heterocycles. The molecule has 0 aliphatic heterocycles. The number of anilines is 1. The van der Waals surface area contributed by atoms with Gasteiger partial charge in [0.15, 0.2) is 0 Å². The van der Waals surface area contributed by atoms with Gasteiger partial charge in [-0.15, -0.1) is 11.3 Å². The van der Waals surface area contributed by atoms with E-state index in [1.165, 1.54) is 0 Å². The lowest BCUT2D eigenvalue weighted by atomic mass is 10.1. The van der Waals surface area contributed by atoms with Crippen LogP contribution in [0.2, 0.25) is 5.02 Å². The maximum Gasteiger partial charge on any atom is 0.255 e. The molecular weight excluding hydrogens is 306 g/mol. The van der Waals surface area contributed by atoms with E-state index in [9.17, 15) is 4.79 Å². The number of aromatic nitrogens is 1. The van der Waals surface area contributed by atoms with Crippen molar-refractivity contribution in [2.75, 3.05) is 19.4 Å². The van der Waals surface area contributed by atoms with Crippen molar-refractivity contribution in [2.24, 2.45) is 0 Å². The van der Waals surface area contributed by atoms with Gasteiger partial charge in [-0.2, -0.15) is 0 Å². The summed E-state index contributed by atoms with van der Waals surface area (Å²) in [4.78, 5) is 19.2. The number of nitrogens with one attached hydrogen (secondary N) is 1. The molecular formula is C15H18ClN3OS. The molecule has 0 fully saturated rings. The first kappa shape index (κ1) is 15.8. The van der Waals surface area contributed by atoms with Gasteiger partial charge in [-0.1, -0.05) is 11.6 Å². The van der Waals surface area contributed by atoms with Gasteiger partial charge in [0.05, 0.1) is 22.8 Å². The van der Waals surface area contributed by atoms with E-state index in [1.54, 1.807) is 48.5 Å². The van der Waals surface area contributed by atoms with E-state index in [4.69, 9.17) is 11.6 Å². The summed E-state index contributed by atoms with van der Waals surface area (Å²) >= 11 is 7.67. The SMILES string of the molecule is Cc1ncsc1C(C)Nc1cc(Cl)ccc1C(=O)N(C)C. The molecule has 4 nitrogen and oxygen atoms in total. The first-order valence-corrected chi connectivity index (χ1v) is 7.83. The zero-order chi connectivity index (χ0) is 15.6. The van der Waals surface area contributed by atoms with Crippen molar-refractivity contribution < 1.29 is 4.79 Å². The van der Waals surface area contributed by atoms with Crippen LogP contribution in [0.4, 0.5) is 5.69 Å². The molecule has 0 aliphatic rings. The molecule has 1 atom stereocenters. The normalized spacial score (nSPS) is 12.0. The zero-order valence-corrected chi connectivity index (χ0v) is 14.0. The van der Waals surface area contributed by atoms with Crippen LogP contribution in [0, 0.1) is 6.92 Å². The second-order valence-electron chi connectivity index (χ2n) is 5.06. The third-order valence-electron chi connectivity index (χ3n) is 3.17. The van der Waals surface area contributed by atoms with Gasteiger partial charge >= 0.3 is 0 Å². The summed E-state index contributed by atoms with van der Waals surface area (Å²) in [6.45, 7) is 4.03. The largest absolute Gasteiger partial charge is 0.377 e. The number of hydrogen-bond donors (Lipinski definition) is 1. The Morgan fingerprint density at radius 1 is 1.43 bits per heavy atom. The molecule has 0 spiro atoms. The number of aryl methyl sites for hydroxylation is 1. The minimum Gasteiger partial charge on any atom is -0.377 e. The minimum absolute atomic E-state index is 0.0533. The van der Waals surface area contributed by atoms with Crippen LogP contribution in [-0.2, 0) is 0 Å². The second-order valence-corrected chi connectivity index (χ2v) is 6.38. The Morgan fingerprint density at radius 3 is 2.71 bits per heavy atom. The molecule has 112 valence electrons. The number of carbonyl (C=O) groups excluding carboxylic acids is 1. The molecule has 0 saturated carbocycles. The monoisotopic (exact) mass is 323 g/mol. The van der Waals surface area contributed by atoms with Crippen LogP contribution in [0.1, 0.15) is 33.9 Å². The van der Waals surface area contributed by atoms with Crippen molar-refractivity contribution in [3.63, 3.8) is 0 Å². The van der Waals surface area contributed by atoms with E-state index in [-0.39, 0.29) is 11.9 Å². The maximum absolute atomic E-state index is 12.2. The number of nitrogens with zero attached hydrogens (tertiary/aromatic N) is 2. The van der Waals surface area contributed by atoms with Crippen LogP contribution >= 0.6 is 22.9 Å². The Hall–Kier alpha value is -1.59. The number of carbonyl (C=O) groups is 1. The Balaban J connectivity index is 2.33. The van der Waals surface area contributed by atoms with Crippen molar-refractivity contribution in [1.29, 1.82) is 0 Å². The first-order valence-electron chi connectivity index (χ1n) is 6.58. The average molecular weight is 324 g/mol. The van der Waals surface area contributed by atoms with Crippen LogP contribution in [-0.4, -0.2) is 29.9 Å². The molecule has 1 heterocycles. The van der Waals surface area contributed by atoms with E-state index in [1.807, 2.05) is 19.4 Å². The summed E-state index contributed by atoms with van der Waals surface area (Å²) in [6, 6.07) is 5.32. The van der Waals surface area contributed by atoms with E-state index >= 15 is 0 Å². The van der Waals surface area contributed by atoms with Gasteiger partial charge in [0, 0.05) is 29.7 Å². The first-order chi connectivity index (χ1) is 9.90. The average Bonchev–Trinajstić information content (AvgIpc) is 2.84. The topological polar surface area (TPSA) is 45.2 Å². The van der Waals surface area contributed by atoms with E-state index in [0.717, 1.165) is 16.3 Å². The highest BCUT2D eigenvalue weighted by Gasteiger charge is 2.17. The van der Waals surface area contributed by atoms with Gasteiger partial charge in [-0.05, 0) is 32.0 Å². The smallest absolute Gasteiger partial charge is 0.255 e. The molecule has 1 aromatic heterocycles. The molecule has 2 aromatic rings. The van der Waals surface area contributed by atoms with Crippen molar-refractivity contribution in [1.82, 2.24) is 9.88 Å². The quantitative estimate of drug-likeness (QED) is 0.925. The highest BCUT2D eigenvalue weighted by atomic mass is 35.5. The molecule has 1 amide bonds. The van der Waals surface area contributed by atoms with E-state index < -0.39 is 0 Å². The van der Waals surface area contributed by atoms with Crippen LogP contribution in [0.15, 0.2) is 23.7 Å². The highest BCUT2D eigenvalue weighted by molar-refractivity contribution is 7.09. The van der Waals surface area contributed by atoms with Gasteiger partial charge in [0.25, 0.3) is 5.91 Å². The summed E-state index contributed by atoms with van der Waals surface area (Å²) in [7, 11) is 3.47. The Morgan fingerprint density at radius 2 is 2.14 bits per heavy atom. The molecule has 0 aliphatic carbocycles. The lowest BCUT2D eigenvalue weighted by Gasteiger charge is -2.19. The van der Waals surface area contributed by atoms with Crippen molar-refractivity contribution in [2.45, 2.75) is 19.9 Å². The van der Waals surface area contributed by atoms with Crippen LogP contribution < -0.4 is 5.32 Å². The van der Waals surface area contributed by atoms with Crippen LogP contribution in [0.25, 0.3) is 0 Å². The fraction of sp³-hybridized carbons (Fsp3) is 0.333. The predicted octanol–water partition coefficient (Wildman–Crippen LogP) is 3.98. The summed E-state index contributed by atoms with van der Waals surface area (Å²) in [6.07, 6.45) is 0. The predicted molar refractivity (Wildman–Crippen MR) is 88.4 cm³/mol. The highest BCUT2D eigenvalue weighted by Crippen LogP contribution is 2.29. The molecule has 1 unspecified atom stereocenters. The van der Waals surface area contributed by atoms with Gasteiger partial charge in [0.2, 0.25) is 0 Å². The maximum atomic E-state index is 12.2. The fourth-order valence-corrected chi connectivity index (χ4v) is 3.07. The number of benzene rings is 1. The second kappa shape index (κ2) is 6.45. The molecule has 1 N–H and O–H groups in total. The molecule has 6 heteroatoms. The summed E-state index contributed by atoms with van der Waals surface area (Å²) < 4.78 is 0. The van der Waals surface area contributed by atoms with Gasteiger partial charge < -0.3 is 10.2 Å². The van der Waals surface area contributed by atoms with Crippen LogP contribution in [0.5, 0.6) is 0 Å². The molecule has 0 bridgehead atoms. The number of thiazole rings is 1. The number of halogens is 1. The third kappa shape index (κ3) is 3.54. The van der Waals surface area contributed by atoms with Gasteiger partial charge in [0.1, 0.15) is 0 Å². The zero-order valence-electron chi connectivity index (χ0n) is 12.5. The van der Waals surface area contributed by atoms with E-state index in [2.05, 4.69) is 10.3 Å². The Kier molecular flexibility index (Phi) is 4.85. The fourth-order valence-electron chi connectivity index (χ4n) is 2.09. The van der Waals surface area contributed by atoms with Gasteiger partial charge in [-0.3, -0.25) is 4.79 Å². The van der Waals surface area contributed by atoms with Crippen molar-refractivity contribution in [3.8, 4) is 0 Å². The summed E-state index contributed by atoms with van der Waals surface area (Å²) in [5.41, 5.74) is 4.18. The standard InChI is InChI=1S/C15H18ClN3OS/c1-9-14(21-8-17-9)10(2)18-13-7-11(16)5-6-12(13)15(20)19(3)4/h5-8,10,18H,1-4H3. The number of hydrogen-bond acceptors (Lipinski definition) is 4. The lowest BCUT2D eigenvalue weighted by Crippen LogP contribution is -2.23. The summed E-state index contributed by atoms with van der Waals surface area (Å²) in [5.74, 6) is -0.0533. The lowest BCUT2D eigenvalue weighted by molar-refractivity contribution is 0.0828. The number of amides is 1. The van der Waals surface area contributed by atoms with Crippen molar-refractivity contribution >= 4 is 34.5 Å². The Labute approximate surface area is 133 Å².